The maximum absolute atomic E-state index is 12.5. The van der Waals surface area contributed by atoms with Crippen LogP contribution in [0.4, 0.5) is 0 Å². The Hall–Kier alpha value is -1.14. The molecule has 0 aliphatic carbocycles. The van der Waals surface area contributed by atoms with E-state index in [1.54, 1.807) is 0 Å². The van der Waals surface area contributed by atoms with Crippen LogP contribution in [0.3, 0.4) is 0 Å². The zero-order chi connectivity index (χ0) is 51.4. The Morgan fingerprint density at radius 3 is 0.859 bits per heavy atom. The molecule has 0 spiro atoms. The molecule has 424 valence electrons. The molecule has 0 saturated heterocycles. The summed E-state index contributed by atoms with van der Waals surface area (Å²) in [5.41, 5.74) is 0. The number of esters is 1. The van der Waals surface area contributed by atoms with Gasteiger partial charge in [0.2, 0.25) is 5.91 Å². The van der Waals surface area contributed by atoms with Crippen LogP contribution in [0.25, 0.3) is 0 Å². The topological polar surface area (TPSA) is 95.9 Å². The highest BCUT2D eigenvalue weighted by Crippen LogP contribution is 2.19. The number of aliphatic hydroxyl groups is 2. The molecule has 2 atom stereocenters. The Morgan fingerprint density at radius 1 is 0.338 bits per heavy atom. The molecule has 0 fully saturated rings. The number of unbranched alkanes of at least 4 members (excludes halogenated alkanes) is 51. The lowest BCUT2D eigenvalue weighted by Crippen LogP contribution is -2.45. The molecular formula is C65H129NO5. The maximum Gasteiger partial charge on any atom is 0.305 e. The van der Waals surface area contributed by atoms with Gasteiger partial charge in [-0.25, -0.2) is 0 Å². The molecule has 0 aromatic rings. The molecule has 0 aromatic heterocycles. The number of hydrogen-bond donors (Lipinski definition) is 3. The summed E-state index contributed by atoms with van der Waals surface area (Å²) in [7, 11) is 0. The van der Waals surface area contributed by atoms with Crippen LogP contribution in [0.1, 0.15) is 380 Å². The van der Waals surface area contributed by atoms with Gasteiger partial charge >= 0.3 is 5.97 Å². The van der Waals surface area contributed by atoms with E-state index in [0.717, 1.165) is 38.5 Å². The van der Waals surface area contributed by atoms with Gasteiger partial charge in [-0.15, -0.1) is 0 Å². The van der Waals surface area contributed by atoms with Crippen LogP contribution in [0.2, 0.25) is 0 Å². The lowest BCUT2D eigenvalue weighted by atomic mass is 10.0. The molecule has 0 aliphatic rings. The molecule has 0 radical (unpaired) electrons. The normalized spacial score (nSPS) is 12.5. The lowest BCUT2D eigenvalue weighted by molar-refractivity contribution is -0.143. The fourth-order valence-corrected chi connectivity index (χ4v) is 10.6. The fraction of sp³-hybridized carbons (Fsp3) is 0.969. The van der Waals surface area contributed by atoms with Gasteiger partial charge in [-0.1, -0.05) is 341 Å². The third kappa shape index (κ3) is 58.0. The standard InChI is InChI=1S/C65H129NO5/c1-3-5-7-9-11-13-15-17-19-27-30-33-37-41-45-49-53-57-63(68)62(61-67)66-64(69)58-54-50-46-42-38-34-31-28-25-23-21-20-22-24-26-29-32-36-40-44-48-52-56-60-71-65(70)59-55-51-47-43-39-35-18-16-14-12-10-8-6-4-2/h62-63,67-68H,3-61H2,1-2H3,(H,66,69). The summed E-state index contributed by atoms with van der Waals surface area (Å²) in [6.45, 7) is 4.99. The van der Waals surface area contributed by atoms with Crippen molar-refractivity contribution in [3.63, 3.8) is 0 Å². The van der Waals surface area contributed by atoms with E-state index in [2.05, 4.69) is 19.2 Å². The van der Waals surface area contributed by atoms with Crippen molar-refractivity contribution >= 4 is 11.9 Å². The van der Waals surface area contributed by atoms with Crippen molar-refractivity contribution in [2.24, 2.45) is 0 Å². The van der Waals surface area contributed by atoms with Gasteiger partial charge in [0.1, 0.15) is 0 Å². The summed E-state index contributed by atoms with van der Waals surface area (Å²) in [4.78, 5) is 24.6. The maximum atomic E-state index is 12.5. The van der Waals surface area contributed by atoms with E-state index >= 15 is 0 Å². The zero-order valence-corrected chi connectivity index (χ0v) is 48.5. The first-order chi connectivity index (χ1) is 35.0. The number of carbonyl (C=O) groups excluding carboxylic acids is 2. The summed E-state index contributed by atoms with van der Waals surface area (Å²) in [6, 6.07) is -0.540. The van der Waals surface area contributed by atoms with Crippen molar-refractivity contribution < 1.29 is 24.5 Å². The fourth-order valence-electron chi connectivity index (χ4n) is 10.6. The van der Waals surface area contributed by atoms with Crippen molar-refractivity contribution in [3.8, 4) is 0 Å². The Bertz CT molecular complexity index is 1020. The highest BCUT2D eigenvalue weighted by atomic mass is 16.5. The number of nitrogens with one attached hydrogen (secondary N) is 1. The van der Waals surface area contributed by atoms with Gasteiger partial charge < -0.3 is 20.3 Å². The van der Waals surface area contributed by atoms with Gasteiger partial charge in [0.15, 0.2) is 0 Å². The second-order valence-electron chi connectivity index (χ2n) is 22.8. The Morgan fingerprint density at radius 2 is 0.577 bits per heavy atom. The predicted molar refractivity (Wildman–Crippen MR) is 310 cm³/mol. The van der Waals surface area contributed by atoms with Crippen LogP contribution >= 0.6 is 0 Å². The molecule has 0 aliphatic heterocycles. The van der Waals surface area contributed by atoms with Gasteiger partial charge in [-0.05, 0) is 25.7 Å². The molecule has 0 saturated carbocycles. The van der Waals surface area contributed by atoms with Gasteiger partial charge in [-0.2, -0.15) is 0 Å². The van der Waals surface area contributed by atoms with E-state index in [9.17, 15) is 19.8 Å². The number of amides is 1. The minimum atomic E-state index is -0.663. The van der Waals surface area contributed by atoms with E-state index < -0.39 is 12.1 Å². The SMILES string of the molecule is CCCCCCCCCCCCCCCCCCCC(O)C(CO)NC(=O)CCCCCCCCCCCCCCCCCCCCCCCCCOC(=O)CCCCCCCCCCCCCCCC. The van der Waals surface area contributed by atoms with Crippen LogP contribution in [0.15, 0.2) is 0 Å². The summed E-state index contributed by atoms with van der Waals surface area (Å²) in [5, 5.41) is 23.3. The average molecular weight is 1000 g/mol. The quantitative estimate of drug-likeness (QED) is 0.0417. The highest BCUT2D eigenvalue weighted by molar-refractivity contribution is 5.76. The molecule has 0 aromatic carbocycles. The molecule has 2 unspecified atom stereocenters. The molecular weight excluding hydrogens is 875 g/mol. The van der Waals surface area contributed by atoms with E-state index in [1.807, 2.05) is 0 Å². The first-order valence-electron chi connectivity index (χ1n) is 32.8. The molecule has 71 heavy (non-hydrogen) atoms. The minimum Gasteiger partial charge on any atom is -0.466 e. The van der Waals surface area contributed by atoms with Crippen LogP contribution in [-0.4, -0.2) is 47.4 Å². The van der Waals surface area contributed by atoms with Crippen LogP contribution in [0.5, 0.6) is 0 Å². The third-order valence-corrected chi connectivity index (χ3v) is 15.7. The van der Waals surface area contributed by atoms with E-state index in [1.165, 1.54) is 308 Å². The second-order valence-corrected chi connectivity index (χ2v) is 22.8. The number of ether oxygens (including phenoxy) is 1. The Balaban J connectivity index is 3.35. The second kappa shape index (κ2) is 61.4. The monoisotopic (exact) mass is 1000 g/mol. The predicted octanol–water partition coefficient (Wildman–Crippen LogP) is 20.6. The summed E-state index contributed by atoms with van der Waals surface area (Å²) < 4.78 is 5.49. The minimum absolute atomic E-state index is 0.0179. The molecule has 6 nitrogen and oxygen atoms in total. The summed E-state index contributed by atoms with van der Waals surface area (Å²) in [6.07, 6.45) is 72.7. The largest absolute Gasteiger partial charge is 0.466 e. The van der Waals surface area contributed by atoms with Gasteiger partial charge in [0.25, 0.3) is 0 Å². The molecule has 0 bridgehead atoms. The highest BCUT2D eigenvalue weighted by Gasteiger charge is 2.20. The Kier molecular flexibility index (Phi) is 60.4. The van der Waals surface area contributed by atoms with Crippen molar-refractivity contribution in [1.29, 1.82) is 0 Å². The average Bonchev–Trinajstić information content (AvgIpc) is 3.37. The van der Waals surface area contributed by atoms with E-state index in [-0.39, 0.29) is 18.5 Å². The number of carbonyl (C=O) groups is 2. The third-order valence-electron chi connectivity index (χ3n) is 15.7. The van der Waals surface area contributed by atoms with Crippen molar-refractivity contribution in [2.75, 3.05) is 13.2 Å². The van der Waals surface area contributed by atoms with Crippen molar-refractivity contribution in [3.05, 3.63) is 0 Å². The van der Waals surface area contributed by atoms with Crippen molar-refractivity contribution in [1.82, 2.24) is 5.32 Å². The molecule has 6 heteroatoms. The lowest BCUT2D eigenvalue weighted by Gasteiger charge is -2.22. The van der Waals surface area contributed by atoms with Crippen molar-refractivity contribution in [2.45, 2.75) is 392 Å². The molecule has 0 heterocycles. The van der Waals surface area contributed by atoms with Crippen LogP contribution in [-0.2, 0) is 14.3 Å². The van der Waals surface area contributed by atoms with E-state index in [0.29, 0.717) is 25.9 Å². The first-order valence-corrected chi connectivity index (χ1v) is 32.8. The summed E-state index contributed by atoms with van der Waals surface area (Å²) in [5.74, 6) is -0.0125. The van der Waals surface area contributed by atoms with E-state index in [4.69, 9.17) is 4.74 Å². The zero-order valence-electron chi connectivity index (χ0n) is 48.5. The van der Waals surface area contributed by atoms with Gasteiger partial charge in [0.05, 0.1) is 25.4 Å². The smallest absolute Gasteiger partial charge is 0.305 e. The van der Waals surface area contributed by atoms with Gasteiger partial charge in [-0.3, -0.25) is 9.59 Å². The van der Waals surface area contributed by atoms with Crippen LogP contribution < -0.4 is 5.32 Å². The Labute approximate surface area is 445 Å². The van der Waals surface area contributed by atoms with Crippen LogP contribution in [0, 0.1) is 0 Å². The number of hydrogen-bond acceptors (Lipinski definition) is 5. The number of rotatable bonds is 62. The number of aliphatic hydroxyl groups excluding tert-OH is 2. The molecule has 3 N–H and O–H groups in total. The first kappa shape index (κ1) is 69.9. The molecule has 1 amide bonds. The van der Waals surface area contributed by atoms with Gasteiger partial charge in [0, 0.05) is 12.8 Å². The summed E-state index contributed by atoms with van der Waals surface area (Å²) >= 11 is 0. The molecule has 0 rings (SSSR count).